The number of amides is 5. The van der Waals surface area contributed by atoms with Crippen molar-refractivity contribution in [3.05, 3.63) is 58.1 Å². The van der Waals surface area contributed by atoms with Crippen LogP contribution in [0.5, 0.6) is 0 Å². The number of anilines is 2. The van der Waals surface area contributed by atoms with E-state index in [4.69, 9.17) is 17.3 Å². The molecule has 2 saturated heterocycles. The van der Waals surface area contributed by atoms with Gasteiger partial charge < -0.3 is 31.1 Å². The highest BCUT2D eigenvalue weighted by Gasteiger charge is 2.36. The monoisotopic (exact) mass is 607 g/mol. The molecule has 1 saturated carbocycles. The number of piperidine rings is 1. The van der Waals surface area contributed by atoms with Crippen molar-refractivity contribution in [2.45, 2.75) is 63.6 Å². The predicted molar refractivity (Wildman–Crippen MR) is 168 cm³/mol. The first-order chi connectivity index (χ1) is 20.8. The van der Waals surface area contributed by atoms with Crippen LogP contribution < -0.4 is 16.4 Å². The molecule has 0 bridgehead atoms. The van der Waals surface area contributed by atoms with Crippen LogP contribution in [-0.2, 0) is 17.6 Å². The number of hydrogen-bond acceptors (Lipinski definition) is 5. The molecule has 1 aliphatic carbocycles. The molecule has 230 valence electrons. The van der Waals surface area contributed by atoms with E-state index in [1.807, 2.05) is 41.0 Å². The summed E-state index contributed by atoms with van der Waals surface area (Å²) in [6, 6.07) is 11.3. The largest absolute Gasteiger partial charge is 0.397 e. The van der Waals surface area contributed by atoms with E-state index in [0.717, 1.165) is 41.9 Å². The minimum atomic E-state index is -0.716. The number of nitrogen functional groups attached to an aromatic ring is 1. The number of benzene rings is 2. The van der Waals surface area contributed by atoms with E-state index in [1.54, 1.807) is 11.0 Å². The molecule has 2 aromatic rings. The summed E-state index contributed by atoms with van der Waals surface area (Å²) in [5.74, 6) is -0.0647. The van der Waals surface area contributed by atoms with Gasteiger partial charge in [-0.05, 0) is 67.9 Å². The first-order valence-electron chi connectivity index (χ1n) is 15.5. The van der Waals surface area contributed by atoms with Crippen molar-refractivity contribution in [1.29, 1.82) is 0 Å². The summed E-state index contributed by atoms with van der Waals surface area (Å²) in [5.41, 5.74) is 10.3. The fraction of sp³-hybridized carbons (Fsp3) is 0.531. The fourth-order valence-corrected chi connectivity index (χ4v) is 7.00. The van der Waals surface area contributed by atoms with Crippen LogP contribution >= 0.6 is 11.6 Å². The van der Waals surface area contributed by atoms with E-state index >= 15 is 0 Å². The maximum atomic E-state index is 13.8. The number of fused-ring (bicyclic) bond motifs is 1. The van der Waals surface area contributed by atoms with Gasteiger partial charge in [-0.3, -0.25) is 9.69 Å². The molecule has 4 N–H and O–H groups in total. The number of likely N-dealkylation sites (tertiary alicyclic amines) is 1. The summed E-state index contributed by atoms with van der Waals surface area (Å²) in [6.07, 6.45) is 4.99. The minimum absolute atomic E-state index is 0.0541. The van der Waals surface area contributed by atoms with Crippen molar-refractivity contribution >= 4 is 40.9 Å². The Morgan fingerprint density at radius 1 is 0.977 bits per heavy atom. The van der Waals surface area contributed by atoms with E-state index in [2.05, 4.69) is 21.6 Å². The van der Waals surface area contributed by atoms with Gasteiger partial charge in [0.1, 0.15) is 6.04 Å². The minimum Gasteiger partial charge on any atom is -0.397 e. The first kappa shape index (κ1) is 29.6. The third-order valence-electron chi connectivity index (χ3n) is 9.46. The zero-order chi connectivity index (χ0) is 30.1. The Morgan fingerprint density at radius 2 is 1.70 bits per heavy atom. The number of aryl methyl sites for hydroxylation is 1. The smallest absolute Gasteiger partial charge is 0.322 e. The lowest BCUT2D eigenvalue weighted by Crippen LogP contribution is -2.58. The second-order valence-corrected chi connectivity index (χ2v) is 12.8. The Labute approximate surface area is 258 Å². The van der Waals surface area contributed by atoms with Crippen LogP contribution in [0.3, 0.4) is 0 Å². The standard InChI is InChI=1S/C32H42ClN7O3/c1-21-18-22(19-26(33)29(21)34)20-28(30(41)38-16-14-37(15-17-38)24-6-7-24)36-31(42)39-11-9-25(10-12-39)40-13-8-23-4-2-3-5-27(23)35-32(40)43/h2-5,18-19,24-25,28H,6-17,20,34H2,1H3,(H,35,43)(H,36,42)/t28-/m1/s1. The van der Waals surface area contributed by atoms with Crippen LogP contribution in [0.25, 0.3) is 0 Å². The highest BCUT2D eigenvalue weighted by Crippen LogP contribution is 2.29. The third kappa shape index (κ3) is 6.70. The average Bonchev–Trinajstić information content (AvgIpc) is 3.87. The number of carbonyl (C=O) groups excluding carboxylic acids is 3. The van der Waals surface area contributed by atoms with Crippen LogP contribution in [0.15, 0.2) is 36.4 Å². The summed E-state index contributed by atoms with van der Waals surface area (Å²) in [4.78, 5) is 48.5. The van der Waals surface area contributed by atoms with Gasteiger partial charge in [0.25, 0.3) is 0 Å². The summed E-state index contributed by atoms with van der Waals surface area (Å²) in [5, 5.41) is 6.58. The van der Waals surface area contributed by atoms with E-state index in [-0.39, 0.29) is 24.0 Å². The molecule has 0 unspecified atom stereocenters. The van der Waals surface area contributed by atoms with Crippen LogP contribution in [0.2, 0.25) is 5.02 Å². The summed E-state index contributed by atoms with van der Waals surface area (Å²) in [7, 11) is 0. The molecule has 5 amide bonds. The maximum Gasteiger partial charge on any atom is 0.322 e. The Kier molecular flexibility index (Phi) is 8.68. The highest BCUT2D eigenvalue weighted by molar-refractivity contribution is 6.33. The highest BCUT2D eigenvalue weighted by atomic mass is 35.5. The Hall–Kier alpha value is -3.50. The van der Waals surface area contributed by atoms with Crippen LogP contribution in [0.1, 0.15) is 42.4 Å². The van der Waals surface area contributed by atoms with E-state index in [9.17, 15) is 14.4 Å². The lowest BCUT2D eigenvalue weighted by Gasteiger charge is -2.39. The van der Waals surface area contributed by atoms with Gasteiger partial charge >= 0.3 is 12.1 Å². The Balaban J connectivity index is 1.09. The molecule has 3 aliphatic heterocycles. The fourth-order valence-electron chi connectivity index (χ4n) is 6.71. The van der Waals surface area contributed by atoms with Crippen molar-refractivity contribution in [3.63, 3.8) is 0 Å². The number of urea groups is 2. The number of hydrogen-bond donors (Lipinski definition) is 3. The number of carbonyl (C=O) groups is 3. The van der Waals surface area contributed by atoms with Gasteiger partial charge in [-0.25, -0.2) is 9.59 Å². The zero-order valence-electron chi connectivity index (χ0n) is 24.9. The van der Waals surface area contributed by atoms with E-state index < -0.39 is 6.04 Å². The van der Waals surface area contributed by atoms with Gasteiger partial charge in [-0.1, -0.05) is 35.9 Å². The van der Waals surface area contributed by atoms with Gasteiger partial charge in [-0.15, -0.1) is 0 Å². The lowest BCUT2D eigenvalue weighted by molar-refractivity contribution is -0.135. The molecule has 1 atom stereocenters. The van der Waals surface area contributed by atoms with Gasteiger partial charge in [0.05, 0.1) is 10.7 Å². The molecule has 6 rings (SSSR count). The van der Waals surface area contributed by atoms with Crippen molar-refractivity contribution < 1.29 is 14.4 Å². The number of halogens is 1. The van der Waals surface area contributed by atoms with Crippen LogP contribution in [0.4, 0.5) is 21.0 Å². The lowest BCUT2D eigenvalue weighted by atomic mass is 10.0. The predicted octanol–water partition coefficient (Wildman–Crippen LogP) is 3.71. The van der Waals surface area contributed by atoms with Crippen molar-refractivity contribution in [2.24, 2.45) is 0 Å². The summed E-state index contributed by atoms with van der Waals surface area (Å²) in [6.45, 7) is 6.63. The Bertz CT molecular complexity index is 1340. The second-order valence-electron chi connectivity index (χ2n) is 12.4. The molecule has 0 spiro atoms. The number of rotatable bonds is 6. The Morgan fingerprint density at radius 3 is 2.40 bits per heavy atom. The van der Waals surface area contributed by atoms with Crippen molar-refractivity contribution in [1.82, 2.24) is 24.9 Å². The molecule has 3 fully saturated rings. The van der Waals surface area contributed by atoms with Crippen molar-refractivity contribution in [3.8, 4) is 0 Å². The normalized spacial score (nSPS) is 20.7. The number of piperazine rings is 1. The maximum absolute atomic E-state index is 13.8. The number of nitrogens with one attached hydrogen (secondary N) is 2. The molecule has 0 aromatic heterocycles. The van der Waals surface area contributed by atoms with E-state index in [0.29, 0.717) is 68.7 Å². The number of nitrogens with two attached hydrogens (primary N) is 1. The quantitative estimate of drug-likeness (QED) is 0.433. The molecular weight excluding hydrogens is 566 g/mol. The van der Waals surface area contributed by atoms with Gasteiger partial charge in [0.2, 0.25) is 5.91 Å². The average molecular weight is 608 g/mol. The molecule has 10 nitrogen and oxygen atoms in total. The van der Waals surface area contributed by atoms with Gasteiger partial charge in [0.15, 0.2) is 0 Å². The third-order valence-corrected chi connectivity index (χ3v) is 9.77. The van der Waals surface area contributed by atoms with E-state index in [1.165, 1.54) is 12.8 Å². The molecule has 3 heterocycles. The molecule has 11 heteroatoms. The zero-order valence-corrected chi connectivity index (χ0v) is 25.6. The number of nitrogens with zero attached hydrogens (tertiary/aromatic N) is 4. The second kappa shape index (κ2) is 12.6. The molecule has 2 aromatic carbocycles. The first-order valence-corrected chi connectivity index (χ1v) is 15.9. The van der Waals surface area contributed by atoms with Crippen LogP contribution in [-0.4, -0.2) is 102 Å². The van der Waals surface area contributed by atoms with Gasteiger partial charge in [-0.2, -0.15) is 0 Å². The molecule has 0 radical (unpaired) electrons. The van der Waals surface area contributed by atoms with Gasteiger partial charge in [0, 0.05) is 70.0 Å². The summed E-state index contributed by atoms with van der Waals surface area (Å²) < 4.78 is 0. The SMILES string of the molecule is Cc1cc(C[C@@H](NC(=O)N2CCC(N3CCc4ccccc4NC3=O)CC2)C(=O)N2CCN(C3CC3)CC2)cc(Cl)c1N. The molecular formula is C32H42ClN7O3. The molecule has 43 heavy (non-hydrogen) atoms. The number of para-hydroxylation sites is 1. The van der Waals surface area contributed by atoms with Crippen LogP contribution in [0, 0.1) is 6.92 Å². The van der Waals surface area contributed by atoms with Crippen molar-refractivity contribution in [2.75, 3.05) is 56.9 Å². The topological polar surface area (TPSA) is 114 Å². The molecule has 4 aliphatic rings. The summed E-state index contributed by atoms with van der Waals surface area (Å²) >= 11 is 6.38.